The van der Waals surface area contributed by atoms with Crippen LogP contribution >= 0.6 is 23.6 Å². The standard InChI is InChI=1S/C46H50F3N7O7S2/c1-27-38(65-26-52-27)29-9-7-28(8-10-29)24-51-40(59)36-22-33(57)25-54(36)41(60)39(44(2,3)4)53-37(58)17-18-62-19-20-63-34-15-13-31(14-16-34)56-43(64)55(42(61)45(56,5)6)32-12-11-30(23-50)35(21-32)46(47,48)49/h7-16,21,26,33,36,39,57H,17-20,22,24-25H2,1-6H3,(H,51,59)(H,53,58)/t33-,36+,39?/m1/s1. The Morgan fingerprint density at radius 1 is 1.03 bits per heavy atom. The van der Waals surface area contributed by atoms with Gasteiger partial charge in [-0.1, -0.05) is 45.0 Å². The number of β-amino-alcohol motifs (C(OH)–C–C–N with tert-alkyl or cyclic N) is 1. The van der Waals surface area contributed by atoms with Crippen molar-refractivity contribution in [3.63, 3.8) is 0 Å². The molecule has 0 bridgehead atoms. The van der Waals surface area contributed by atoms with Gasteiger partial charge in [-0.25, -0.2) is 4.98 Å². The van der Waals surface area contributed by atoms with E-state index < -0.39 is 70.1 Å². The predicted molar refractivity (Wildman–Crippen MR) is 242 cm³/mol. The van der Waals surface area contributed by atoms with E-state index in [1.165, 1.54) is 21.9 Å². The summed E-state index contributed by atoms with van der Waals surface area (Å²) in [7, 11) is 0. The van der Waals surface area contributed by atoms with Gasteiger partial charge in [0.15, 0.2) is 5.11 Å². The maximum atomic E-state index is 14.0. The van der Waals surface area contributed by atoms with E-state index in [2.05, 4.69) is 15.6 Å². The number of thiocarbonyl (C=S) groups is 1. The number of rotatable bonds is 15. The number of carbonyl (C=O) groups is 4. The Bertz CT molecular complexity index is 2470. The molecule has 1 aromatic heterocycles. The van der Waals surface area contributed by atoms with Crippen LogP contribution in [-0.2, 0) is 36.6 Å². The minimum absolute atomic E-state index is 0.0210. The third-order valence-corrected chi connectivity index (χ3v) is 12.5. The highest BCUT2D eigenvalue weighted by atomic mass is 32.1. The van der Waals surface area contributed by atoms with Gasteiger partial charge < -0.3 is 35.0 Å². The van der Waals surface area contributed by atoms with Crippen molar-refractivity contribution in [3.8, 4) is 22.3 Å². The van der Waals surface area contributed by atoms with E-state index in [0.29, 0.717) is 11.4 Å². The number of carbonyl (C=O) groups excluding carboxylic acids is 4. The first-order valence-electron chi connectivity index (χ1n) is 20.8. The molecule has 3 heterocycles. The van der Waals surface area contributed by atoms with Crippen molar-refractivity contribution in [1.29, 1.82) is 5.26 Å². The van der Waals surface area contributed by atoms with E-state index >= 15 is 0 Å². The lowest BCUT2D eigenvalue weighted by Crippen LogP contribution is -2.57. The number of thiazole rings is 1. The van der Waals surface area contributed by atoms with Crippen molar-refractivity contribution in [2.75, 3.05) is 36.2 Å². The van der Waals surface area contributed by atoms with Gasteiger partial charge in [-0.3, -0.25) is 24.1 Å². The molecule has 4 amide bonds. The molecule has 0 radical (unpaired) electrons. The number of amides is 4. The third kappa shape index (κ3) is 11.0. The molecular weight excluding hydrogens is 884 g/mol. The van der Waals surface area contributed by atoms with Crippen LogP contribution < -0.4 is 25.2 Å². The molecule has 0 spiro atoms. The fourth-order valence-electron chi connectivity index (χ4n) is 7.65. The lowest BCUT2D eigenvalue weighted by Gasteiger charge is -2.35. The molecule has 14 nitrogen and oxygen atoms in total. The van der Waals surface area contributed by atoms with Crippen LogP contribution in [0.25, 0.3) is 10.4 Å². The fraction of sp³-hybridized carbons (Fsp3) is 0.413. The Labute approximate surface area is 384 Å². The summed E-state index contributed by atoms with van der Waals surface area (Å²) < 4.78 is 52.6. The third-order valence-electron chi connectivity index (χ3n) is 11.1. The zero-order valence-electron chi connectivity index (χ0n) is 36.7. The molecule has 1 unspecified atom stereocenters. The summed E-state index contributed by atoms with van der Waals surface area (Å²) >= 11 is 7.16. The van der Waals surface area contributed by atoms with E-state index in [-0.39, 0.29) is 56.6 Å². The van der Waals surface area contributed by atoms with Crippen molar-refractivity contribution < 1.29 is 46.9 Å². The number of likely N-dealkylation sites (tertiary alicyclic amines) is 1. The van der Waals surface area contributed by atoms with Gasteiger partial charge >= 0.3 is 6.18 Å². The Morgan fingerprint density at radius 2 is 1.71 bits per heavy atom. The number of benzene rings is 3. The minimum atomic E-state index is -4.82. The first kappa shape index (κ1) is 48.5. The topological polar surface area (TPSA) is 177 Å². The summed E-state index contributed by atoms with van der Waals surface area (Å²) in [4.78, 5) is 63.3. The number of aliphatic hydroxyl groups excluding tert-OH is 1. The van der Waals surface area contributed by atoms with Crippen LogP contribution in [0.4, 0.5) is 24.5 Å². The summed E-state index contributed by atoms with van der Waals surface area (Å²) in [6, 6.07) is 17.0. The quantitative estimate of drug-likeness (QED) is 0.0874. The fourth-order valence-corrected chi connectivity index (χ4v) is 8.98. The van der Waals surface area contributed by atoms with Gasteiger partial charge in [0.2, 0.25) is 17.7 Å². The van der Waals surface area contributed by atoms with Crippen LogP contribution in [0.1, 0.15) is 69.8 Å². The lowest BCUT2D eigenvalue weighted by atomic mass is 9.85. The zero-order chi connectivity index (χ0) is 47.4. The van der Waals surface area contributed by atoms with Gasteiger partial charge in [0.05, 0.1) is 58.3 Å². The second-order valence-corrected chi connectivity index (χ2v) is 18.5. The van der Waals surface area contributed by atoms with E-state index in [9.17, 15) is 42.7 Å². The van der Waals surface area contributed by atoms with Crippen LogP contribution in [-0.4, -0.2) is 93.8 Å². The number of aryl methyl sites for hydroxylation is 1. The number of halogens is 3. The first-order chi connectivity index (χ1) is 30.6. The van der Waals surface area contributed by atoms with Crippen LogP contribution in [0.15, 0.2) is 72.2 Å². The molecule has 2 saturated heterocycles. The summed E-state index contributed by atoms with van der Waals surface area (Å²) in [5.74, 6) is -1.42. The highest BCUT2D eigenvalue weighted by Gasteiger charge is 2.51. The van der Waals surface area contributed by atoms with E-state index in [1.807, 2.05) is 31.2 Å². The smallest absolute Gasteiger partial charge is 0.417 e. The van der Waals surface area contributed by atoms with Crippen molar-refractivity contribution in [1.82, 2.24) is 20.5 Å². The normalized spacial score (nSPS) is 17.8. The van der Waals surface area contributed by atoms with Gasteiger partial charge in [0, 0.05) is 31.6 Å². The zero-order valence-corrected chi connectivity index (χ0v) is 38.3. The molecule has 0 aliphatic carbocycles. The lowest BCUT2D eigenvalue weighted by molar-refractivity contribution is -0.144. The highest BCUT2D eigenvalue weighted by molar-refractivity contribution is 7.81. The molecule has 3 atom stereocenters. The molecule has 65 heavy (non-hydrogen) atoms. The molecule has 344 valence electrons. The van der Waals surface area contributed by atoms with Gasteiger partial charge in [0.25, 0.3) is 5.91 Å². The Hall–Kier alpha value is -5.94. The van der Waals surface area contributed by atoms with Crippen LogP contribution in [0, 0.1) is 23.7 Å². The SMILES string of the molecule is Cc1ncsc1-c1ccc(CNC(=O)[C@@H]2C[C@@H](O)CN2C(=O)C(NC(=O)CCOCCOc2ccc(N3C(=S)N(c4ccc(C#N)c(C(F)(F)F)c4)C(=O)C3(C)C)cc2)C(C)(C)C)cc1. The van der Waals surface area contributed by atoms with E-state index in [0.717, 1.165) is 38.7 Å². The van der Waals surface area contributed by atoms with Crippen molar-refractivity contribution in [2.24, 2.45) is 5.41 Å². The maximum absolute atomic E-state index is 14.0. The number of hydrogen-bond acceptors (Lipinski definition) is 11. The first-order valence-corrected chi connectivity index (χ1v) is 22.1. The monoisotopic (exact) mass is 933 g/mol. The molecule has 4 aromatic rings. The van der Waals surface area contributed by atoms with Crippen LogP contribution in [0.5, 0.6) is 5.75 Å². The maximum Gasteiger partial charge on any atom is 0.417 e. The molecule has 2 aliphatic rings. The average molecular weight is 934 g/mol. The number of alkyl halides is 3. The molecule has 3 N–H and O–H groups in total. The number of nitrogens with one attached hydrogen (secondary N) is 2. The second-order valence-electron chi connectivity index (χ2n) is 17.3. The van der Waals surface area contributed by atoms with Gasteiger partial charge in [-0.15, -0.1) is 11.3 Å². The molecule has 19 heteroatoms. The van der Waals surface area contributed by atoms with Gasteiger partial charge in [-0.05, 0) is 92.0 Å². The number of nitrogens with zero attached hydrogens (tertiary/aromatic N) is 5. The number of anilines is 2. The molecule has 0 saturated carbocycles. The number of aromatic nitrogens is 1. The number of ether oxygens (including phenoxy) is 2. The van der Waals surface area contributed by atoms with E-state index in [1.54, 1.807) is 75.7 Å². The molecule has 6 rings (SSSR count). The minimum Gasteiger partial charge on any atom is -0.491 e. The summed E-state index contributed by atoms with van der Waals surface area (Å²) in [5, 5.41) is 25.4. The van der Waals surface area contributed by atoms with Crippen molar-refractivity contribution in [3.05, 3.63) is 94.6 Å². The molecular formula is C46H50F3N7O7S2. The summed E-state index contributed by atoms with van der Waals surface area (Å²) in [6.07, 6.45) is -5.73. The second kappa shape index (κ2) is 19.7. The summed E-state index contributed by atoms with van der Waals surface area (Å²) in [5.41, 5.74) is 1.26. The van der Waals surface area contributed by atoms with E-state index in [4.69, 9.17) is 21.7 Å². The number of aliphatic hydroxyl groups is 1. The predicted octanol–water partition coefficient (Wildman–Crippen LogP) is 6.52. The Kier molecular flexibility index (Phi) is 14.7. The molecule has 2 fully saturated rings. The Morgan fingerprint density at radius 3 is 2.32 bits per heavy atom. The summed E-state index contributed by atoms with van der Waals surface area (Å²) in [6.45, 7) is 11.0. The number of nitriles is 1. The molecule has 3 aromatic carbocycles. The largest absolute Gasteiger partial charge is 0.491 e. The van der Waals surface area contributed by atoms with Gasteiger partial charge in [0.1, 0.15) is 30.0 Å². The Balaban J connectivity index is 0.965. The average Bonchev–Trinajstić information content (AvgIpc) is 3.92. The van der Waals surface area contributed by atoms with Crippen molar-refractivity contribution in [2.45, 2.75) is 90.8 Å². The highest BCUT2D eigenvalue weighted by Crippen LogP contribution is 2.40. The van der Waals surface area contributed by atoms with Gasteiger partial charge in [-0.2, -0.15) is 18.4 Å². The van der Waals surface area contributed by atoms with Crippen LogP contribution in [0.3, 0.4) is 0 Å². The molecule has 2 aliphatic heterocycles. The van der Waals surface area contributed by atoms with Crippen molar-refractivity contribution >= 4 is 63.7 Å². The van der Waals surface area contributed by atoms with Crippen LogP contribution in [0.2, 0.25) is 0 Å². The number of hydrogen-bond donors (Lipinski definition) is 3.